The third-order valence-corrected chi connectivity index (χ3v) is 23.4. The van der Waals surface area contributed by atoms with Crippen molar-refractivity contribution in [3.63, 3.8) is 0 Å². The molecule has 9 aromatic rings. The van der Waals surface area contributed by atoms with E-state index in [2.05, 4.69) is 58.7 Å². The van der Waals surface area contributed by atoms with Crippen LogP contribution >= 0.6 is 58.4 Å². The highest BCUT2D eigenvalue weighted by Crippen LogP contribution is 2.43. The number of aryl methyl sites for hydroxylation is 8. The Hall–Kier alpha value is -11.9. The summed E-state index contributed by atoms with van der Waals surface area (Å²) in [5, 5.41) is 72.4. The average molecular weight is 2160 g/mol. The Bertz CT molecular complexity index is 5600. The van der Waals surface area contributed by atoms with Crippen molar-refractivity contribution in [2.75, 3.05) is 26.2 Å². The molecule has 0 spiro atoms. The number of alkyl halides is 9. The molecule has 4 heterocycles. The molecule has 12 rings (SSSR count). The summed E-state index contributed by atoms with van der Waals surface area (Å²) >= 11 is 24.4. The normalized spacial score (nSPS) is 12.7. The van der Waals surface area contributed by atoms with Gasteiger partial charge in [0.2, 0.25) is 29.5 Å². The highest BCUT2D eigenvalue weighted by Gasteiger charge is 2.55. The van der Waals surface area contributed by atoms with E-state index < -0.39 is 75.7 Å². The van der Waals surface area contributed by atoms with E-state index in [-0.39, 0.29) is 110 Å². The van der Waals surface area contributed by atoms with E-state index >= 15 is 0 Å². The van der Waals surface area contributed by atoms with Crippen molar-refractivity contribution in [1.82, 2.24) is 29.7 Å². The van der Waals surface area contributed by atoms with E-state index in [4.69, 9.17) is 51.7 Å². The Morgan fingerprint density at radius 3 is 1.36 bits per heavy atom. The van der Waals surface area contributed by atoms with Gasteiger partial charge < -0.3 is 4.90 Å². The summed E-state index contributed by atoms with van der Waals surface area (Å²) in [7, 11) is 0. The molecular weight excluding hydrogens is 2040 g/mol. The zero-order valence-electron chi connectivity index (χ0n) is 82.0. The van der Waals surface area contributed by atoms with Gasteiger partial charge in [-0.05, 0) is 182 Å². The number of hydrogen-bond donors (Lipinski definition) is 1. The predicted octanol–water partition coefficient (Wildman–Crippen LogP) is 27.6. The van der Waals surface area contributed by atoms with Crippen LogP contribution in [0, 0.1) is 107 Å². The smallest absolute Gasteiger partial charge is 0.343 e. The maximum Gasteiger partial charge on any atom is 0.400 e. The van der Waals surface area contributed by atoms with E-state index in [0.29, 0.717) is 99.8 Å². The molecule has 0 radical (unpaired) electrons. The molecule has 802 valence electrons. The minimum absolute atomic E-state index is 0. The maximum atomic E-state index is 12.9. The zero-order chi connectivity index (χ0) is 111. The summed E-state index contributed by atoms with van der Waals surface area (Å²) in [4.78, 5) is 120. The third-order valence-electron chi connectivity index (χ3n) is 20.7. The van der Waals surface area contributed by atoms with Crippen molar-refractivity contribution < 1.29 is 120 Å². The van der Waals surface area contributed by atoms with E-state index in [1.54, 1.807) is 76.2 Å². The van der Waals surface area contributed by atoms with Crippen LogP contribution < -0.4 is 5.56 Å². The van der Waals surface area contributed by atoms with Crippen LogP contribution in [0.4, 0.5) is 85.5 Å². The first kappa shape index (κ1) is 135. The van der Waals surface area contributed by atoms with Gasteiger partial charge >= 0.3 is 18.5 Å². The number of carbonyl (C=O) groups excluding carboxylic acids is 5. The Balaban J connectivity index is 0. The molecule has 48 heteroatoms. The lowest BCUT2D eigenvalue weighted by molar-refractivity contribution is -0.432. The maximum absolute atomic E-state index is 12.9. The average Bonchev–Trinajstić information content (AvgIpc) is 1.74. The van der Waals surface area contributed by atoms with E-state index in [1.807, 2.05) is 77.6 Å². The second kappa shape index (κ2) is 68.4. The SMILES string of the molecule is C.CCC(C(F)(F)F)C(F)(F)F.CCCC(F)(F)F.CCN1C(=O)CC(SOOO)C1=O.CCN1C(=O)CCC1=O.CCN1CCCC1=O.CCc1c(C)c(Cl)c(Cl)c(Cl)c1Cl.CCc1c(C)c(F)c(F)c(F)c1F.CCc1ccc(C)cc1C.CCc1ccc([N+](=O)[O-])cc1.CCc1ccc([N+](=O)[O-])cc1[N+](=O)[O-].CCc1cccc([N+](=O)[O-])c1.CCc1ccccc1[N+](=O)[O-].CCn1nnc2ccccc2c1=O. The van der Waals surface area contributed by atoms with E-state index in [9.17, 15) is 136 Å². The van der Waals surface area contributed by atoms with E-state index in [1.165, 1.54) is 76.5 Å². The molecule has 1 N–H and O–H groups in total. The Kier molecular flexibility index (Phi) is 63.8. The number of halogens is 17. The number of fused-ring (bicyclic) bond motifs is 1. The summed E-state index contributed by atoms with van der Waals surface area (Å²) in [6.45, 7) is 33.9. The first-order valence-corrected chi connectivity index (χ1v) is 47.1. The summed E-state index contributed by atoms with van der Waals surface area (Å²) in [6, 6.07) is 37.6. The molecule has 1 aromatic heterocycles. The highest BCUT2D eigenvalue weighted by molar-refractivity contribution is 7.96. The predicted molar refractivity (Wildman–Crippen MR) is 532 cm³/mol. The number of carbonyl (C=O) groups is 5. The van der Waals surface area contributed by atoms with Crippen LogP contribution in [0.2, 0.25) is 20.1 Å². The number of imide groups is 2. The fourth-order valence-electron chi connectivity index (χ4n) is 12.8. The number of aromatic nitrogens is 3. The summed E-state index contributed by atoms with van der Waals surface area (Å²) in [5.41, 5.74) is 9.90. The number of nitrogens with zero attached hydrogens (tertiary/aromatic N) is 11. The zero-order valence-corrected chi connectivity index (χ0v) is 85.9. The lowest BCUT2D eigenvalue weighted by Crippen LogP contribution is -2.35. The van der Waals surface area contributed by atoms with Crippen molar-refractivity contribution >= 4 is 127 Å². The molecule has 3 aliphatic heterocycles. The van der Waals surface area contributed by atoms with Gasteiger partial charge in [-0.25, -0.2) is 27.5 Å². The van der Waals surface area contributed by atoms with Crippen LogP contribution in [0.25, 0.3) is 10.9 Å². The monoisotopic (exact) mass is 2160 g/mol. The molecule has 1 unspecified atom stereocenters. The van der Waals surface area contributed by atoms with Gasteiger partial charge in [0.25, 0.3) is 34.0 Å². The molecule has 0 saturated carbocycles. The number of para-hydroxylation sites is 1. The molecule has 0 bridgehead atoms. The summed E-state index contributed by atoms with van der Waals surface area (Å²) < 4.78 is 159. The fraction of sp³-hybridized carbons (Fsp3) is 0.443. The molecule has 145 heavy (non-hydrogen) atoms. The first-order valence-electron chi connectivity index (χ1n) is 44.8. The Labute approximate surface area is 855 Å². The lowest BCUT2D eigenvalue weighted by atomic mass is 10.0. The van der Waals surface area contributed by atoms with Gasteiger partial charge in [-0.3, -0.25) is 89.1 Å². The minimum Gasteiger partial charge on any atom is -0.343 e. The molecule has 8 aromatic carbocycles. The van der Waals surface area contributed by atoms with Gasteiger partial charge in [0.05, 0.1) is 62.6 Å². The Morgan fingerprint density at radius 1 is 0.469 bits per heavy atom. The van der Waals surface area contributed by atoms with Crippen molar-refractivity contribution in [1.29, 1.82) is 0 Å². The van der Waals surface area contributed by atoms with Crippen LogP contribution in [-0.2, 0) is 84.8 Å². The summed E-state index contributed by atoms with van der Waals surface area (Å²) in [5.74, 6) is -9.53. The molecule has 1 atom stereocenters. The fourth-order valence-corrected chi connectivity index (χ4v) is 14.5. The lowest BCUT2D eigenvalue weighted by Gasteiger charge is -2.20. The molecule has 30 nitrogen and oxygen atoms in total. The number of nitro groups is 5. The van der Waals surface area contributed by atoms with Crippen molar-refractivity contribution in [2.45, 2.75) is 252 Å². The number of hydrogen-bond acceptors (Lipinski definition) is 22. The van der Waals surface area contributed by atoms with Gasteiger partial charge in [-0.1, -0.05) is 205 Å². The van der Waals surface area contributed by atoms with Crippen LogP contribution in [-0.4, -0.2) is 139 Å². The number of nitro benzene ring substituents is 5. The van der Waals surface area contributed by atoms with Gasteiger partial charge in [0.1, 0.15) is 16.7 Å². The molecule has 3 aliphatic rings. The van der Waals surface area contributed by atoms with Crippen LogP contribution in [0.3, 0.4) is 0 Å². The highest BCUT2D eigenvalue weighted by atomic mass is 35.5. The summed E-state index contributed by atoms with van der Waals surface area (Å²) in [6.07, 6.45) is -8.00. The van der Waals surface area contributed by atoms with Crippen LogP contribution in [0.15, 0.2) is 138 Å². The molecule has 5 amide bonds. The molecular formula is C97H120Cl4F13N11O19S. The van der Waals surface area contributed by atoms with Crippen LogP contribution in [0.1, 0.15) is 210 Å². The first-order chi connectivity index (χ1) is 67.4. The number of non-ortho nitro benzene ring substituents is 3. The topological polar surface area (TPSA) is 397 Å². The van der Waals surface area contributed by atoms with Crippen molar-refractivity contribution in [3.8, 4) is 0 Å². The number of rotatable bonds is 21. The molecule has 3 saturated heterocycles. The molecule has 3 fully saturated rings. The van der Waals surface area contributed by atoms with Gasteiger partial charge in [-0.15, -0.1) is 9.43 Å². The third kappa shape index (κ3) is 46.1. The van der Waals surface area contributed by atoms with Gasteiger partial charge in [0.15, 0.2) is 23.3 Å². The number of amides is 5. The quantitative estimate of drug-likeness (QED) is 0.0102. The standard InChI is InChI=1S/C10H14.C9H8Cl4.C9H8F4.C9H9N3O.C8H8N2O4.3C8H9NO2.C6H9NO5S.C6H9NO2.C6H11NO.C5H6F6.C4H7F3.CH4/c1-4-10-6-5-8(2)7-9(10)3;2*1-3-5-4(2)6(10)8(12)9(13)7(5)11;1-2-12-9(13)7-5-3-4-6-8(7)10-11-12;1-2-6-3-4-7(9(11)12)5-8(6)10(13)14;1-2-7-3-5-8(6-4-7)9(10)11;1-2-7-4-3-5-8(6-7)9(10)11;1-2-7-5-3-4-6-8(7)9(10)11;1-2-7-5(8)3-4(6(7)9)13-12-11-10;1-2-7-5(8)3-4-6(7)9;1-2-7-5-3-4-6(7)8;1-2-3(4(6,7)8)5(9,10)11;1-2-3-4(5,6)7;/h5-7H,4H2,1-3H3;2*3H2,1-2H3;3-6H,2H2,1H3;3-5H,2H2,1H3;3*3-6H,2H2,1H3;4,10H,2-3H2,1H3;2-4H2,1H3;2-5H2,1H3;3H,2H2,1H3;2-3H2,1H3;1H4. The Morgan fingerprint density at radius 2 is 0.959 bits per heavy atom. The van der Waals surface area contributed by atoms with E-state index in [0.717, 1.165) is 97.3 Å². The van der Waals surface area contributed by atoms with Gasteiger partial charge in [-0.2, -0.15) is 39.5 Å². The largest absolute Gasteiger partial charge is 0.400 e. The minimum atomic E-state index is -5.17. The second-order valence-corrected chi connectivity index (χ2v) is 32.8. The van der Waals surface area contributed by atoms with Crippen molar-refractivity contribution in [2.24, 2.45) is 5.92 Å². The molecule has 0 aliphatic carbocycles. The number of benzene rings is 8. The van der Waals surface area contributed by atoms with Crippen molar-refractivity contribution in [3.05, 3.63) is 299 Å². The van der Waals surface area contributed by atoms with Gasteiger partial charge in [0, 0.05) is 118 Å². The number of likely N-dealkylation sites (tertiary alicyclic amines) is 3. The van der Waals surface area contributed by atoms with Crippen LogP contribution in [0.5, 0.6) is 0 Å². The second-order valence-electron chi connectivity index (χ2n) is 30.3.